The first-order valence-electron chi connectivity index (χ1n) is 14.7. The Bertz CT molecular complexity index is 2440. The third kappa shape index (κ3) is 2.81. The van der Waals surface area contributed by atoms with E-state index in [4.69, 9.17) is 0 Å². The average molecular weight is 529 g/mol. The van der Waals surface area contributed by atoms with Gasteiger partial charge in [-0.05, 0) is 97.0 Å². The monoisotopic (exact) mass is 528 g/mol. The molecule has 0 saturated heterocycles. The van der Waals surface area contributed by atoms with Crippen LogP contribution in [0.15, 0.2) is 146 Å². The van der Waals surface area contributed by atoms with E-state index in [1.807, 2.05) is 0 Å². The Labute approximate surface area is 242 Å². The van der Waals surface area contributed by atoms with Gasteiger partial charge in [0.15, 0.2) is 0 Å². The van der Waals surface area contributed by atoms with E-state index < -0.39 is 0 Å². The van der Waals surface area contributed by atoms with Crippen molar-refractivity contribution >= 4 is 97.0 Å². The molecule has 0 heterocycles. The van der Waals surface area contributed by atoms with E-state index in [0.717, 1.165) is 0 Å². The summed E-state index contributed by atoms with van der Waals surface area (Å²) >= 11 is 0. The molecule has 0 amide bonds. The topological polar surface area (TPSA) is 0 Å². The van der Waals surface area contributed by atoms with Crippen LogP contribution in [0.25, 0.3) is 97.0 Å². The molecule has 0 heteroatoms. The Kier molecular flexibility index (Phi) is 4.27. The summed E-state index contributed by atoms with van der Waals surface area (Å²) in [5, 5.41) is 23.6. The zero-order chi connectivity index (χ0) is 27.4. The molecule has 0 radical (unpaired) electrons. The van der Waals surface area contributed by atoms with Crippen molar-refractivity contribution in [3.63, 3.8) is 0 Å². The normalized spacial score (nSPS) is 12.3. The lowest BCUT2D eigenvalue weighted by Gasteiger charge is -2.18. The molecule has 0 aliphatic heterocycles. The van der Waals surface area contributed by atoms with Crippen molar-refractivity contribution in [1.29, 1.82) is 0 Å². The summed E-state index contributed by atoms with van der Waals surface area (Å²) in [6.07, 6.45) is 0. The first-order valence-corrected chi connectivity index (χ1v) is 14.7. The van der Waals surface area contributed by atoms with Gasteiger partial charge in [-0.2, -0.15) is 0 Å². The Morgan fingerprint density at radius 1 is 0.167 bits per heavy atom. The van der Waals surface area contributed by atoms with Gasteiger partial charge >= 0.3 is 0 Å². The predicted octanol–water partition coefficient (Wildman–Crippen LogP) is 12.1. The zero-order valence-corrected chi connectivity index (χ0v) is 22.9. The molecule has 0 bridgehead atoms. The molecular weight excluding hydrogens is 504 g/mol. The number of benzene rings is 10. The zero-order valence-electron chi connectivity index (χ0n) is 22.9. The molecule has 42 heavy (non-hydrogen) atoms. The van der Waals surface area contributed by atoms with E-state index in [2.05, 4.69) is 146 Å². The van der Waals surface area contributed by atoms with Crippen molar-refractivity contribution < 1.29 is 0 Å². The summed E-state index contributed by atoms with van der Waals surface area (Å²) in [6, 6.07) is 54.4. The number of hydrogen-bond acceptors (Lipinski definition) is 0. The molecule has 0 N–H and O–H groups in total. The van der Waals surface area contributed by atoms with Gasteiger partial charge in [-0.15, -0.1) is 0 Å². The molecule has 10 rings (SSSR count). The Hall–Kier alpha value is -5.46. The smallest absolute Gasteiger partial charge is 0.00197 e. The summed E-state index contributed by atoms with van der Waals surface area (Å²) in [6.45, 7) is 0. The fourth-order valence-electron chi connectivity index (χ4n) is 7.76. The van der Waals surface area contributed by atoms with Crippen LogP contribution in [0.2, 0.25) is 0 Å². The highest BCUT2D eigenvalue weighted by Gasteiger charge is 2.17. The first kappa shape index (κ1) is 22.3. The van der Waals surface area contributed by atoms with Crippen LogP contribution in [-0.2, 0) is 0 Å². The van der Waals surface area contributed by atoms with E-state index in [-0.39, 0.29) is 0 Å². The van der Waals surface area contributed by atoms with Crippen molar-refractivity contribution in [2.24, 2.45) is 0 Å². The highest BCUT2D eigenvalue weighted by atomic mass is 14.2. The van der Waals surface area contributed by atoms with Crippen LogP contribution in [0.5, 0.6) is 0 Å². The largest absolute Gasteiger partial charge is 0.0616 e. The lowest BCUT2D eigenvalue weighted by Crippen LogP contribution is -1.90. The molecule has 0 aliphatic carbocycles. The quantitative estimate of drug-likeness (QED) is 0.172. The van der Waals surface area contributed by atoms with Gasteiger partial charge in [0.1, 0.15) is 0 Å². The fourth-order valence-corrected chi connectivity index (χ4v) is 7.76. The summed E-state index contributed by atoms with van der Waals surface area (Å²) in [5.41, 5.74) is 0. The summed E-state index contributed by atoms with van der Waals surface area (Å²) in [5.74, 6) is 0. The molecular formula is C42H24. The van der Waals surface area contributed by atoms with E-state index >= 15 is 0 Å². The minimum atomic E-state index is 1.28. The summed E-state index contributed by atoms with van der Waals surface area (Å²) in [4.78, 5) is 0. The molecule has 192 valence electrons. The van der Waals surface area contributed by atoms with Crippen LogP contribution < -0.4 is 0 Å². The van der Waals surface area contributed by atoms with Crippen LogP contribution >= 0.6 is 0 Å². The van der Waals surface area contributed by atoms with Gasteiger partial charge < -0.3 is 0 Å². The van der Waals surface area contributed by atoms with Crippen molar-refractivity contribution in [3.05, 3.63) is 146 Å². The molecule has 0 saturated carbocycles. The second-order valence-electron chi connectivity index (χ2n) is 11.6. The maximum Gasteiger partial charge on any atom is -0.00197 e. The van der Waals surface area contributed by atoms with Crippen molar-refractivity contribution in [2.75, 3.05) is 0 Å². The van der Waals surface area contributed by atoms with E-state index in [1.165, 1.54) is 97.0 Å². The highest BCUT2D eigenvalue weighted by Crippen LogP contribution is 2.46. The van der Waals surface area contributed by atoms with Crippen LogP contribution in [0.4, 0.5) is 0 Å². The van der Waals surface area contributed by atoms with Gasteiger partial charge in [0.05, 0.1) is 0 Å². The van der Waals surface area contributed by atoms with Crippen molar-refractivity contribution in [2.45, 2.75) is 0 Å². The minimum absolute atomic E-state index is 1.28. The maximum atomic E-state index is 2.38. The Balaban J connectivity index is 1.53. The minimum Gasteiger partial charge on any atom is -0.0616 e. The number of hydrogen-bond donors (Lipinski definition) is 0. The van der Waals surface area contributed by atoms with Crippen LogP contribution in [0, 0.1) is 0 Å². The first-order chi connectivity index (χ1) is 20.8. The SMILES string of the molecule is c1ccc2c(c1)ccc1c2ccc2c1c1ccc3c4ccccc4ccc3c1c1ccc3c4ccccc4ccc3c21. The molecule has 10 aromatic carbocycles. The fraction of sp³-hybridized carbons (Fsp3) is 0. The van der Waals surface area contributed by atoms with Gasteiger partial charge in [0, 0.05) is 0 Å². The van der Waals surface area contributed by atoms with Crippen LogP contribution in [0.1, 0.15) is 0 Å². The third-order valence-electron chi connectivity index (χ3n) is 9.59. The Morgan fingerprint density at radius 2 is 0.429 bits per heavy atom. The average Bonchev–Trinajstić information content (AvgIpc) is 3.06. The second-order valence-corrected chi connectivity index (χ2v) is 11.6. The van der Waals surface area contributed by atoms with Gasteiger partial charge in [-0.25, -0.2) is 0 Å². The van der Waals surface area contributed by atoms with Crippen molar-refractivity contribution in [3.8, 4) is 0 Å². The van der Waals surface area contributed by atoms with Crippen LogP contribution in [-0.4, -0.2) is 0 Å². The maximum absolute atomic E-state index is 2.38. The molecule has 0 nitrogen and oxygen atoms in total. The molecule has 10 aromatic rings. The molecule has 0 atom stereocenters. The lowest BCUT2D eigenvalue weighted by atomic mass is 9.85. The van der Waals surface area contributed by atoms with E-state index in [0.29, 0.717) is 0 Å². The second kappa shape index (κ2) is 8.06. The number of fused-ring (bicyclic) bond motifs is 18. The lowest BCUT2D eigenvalue weighted by molar-refractivity contribution is 1.78. The third-order valence-corrected chi connectivity index (χ3v) is 9.59. The standard InChI is InChI=1S/C42H24/c1-4-10-28-25(7-1)13-16-34-31(28)19-22-37-40(34)38-23-20-32-29-11-5-2-9-27(29)15-18-36(32)42(38)39-24-21-33-30-12-6-3-8-26(30)14-17-35(33)41(37)39/h1-24H. The predicted molar refractivity (Wildman–Crippen MR) is 184 cm³/mol. The number of rotatable bonds is 0. The highest BCUT2D eigenvalue weighted by molar-refractivity contribution is 6.41. The summed E-state index contributed by atoms with van der Waals surface area (Å²) < 4.78 is 0. The molecule has 0 aromatic heterocycles. The van der Waals surface area contributed by atoms with Gasteiger partial charge in [0.25, 0.3) is 0 Å². The van der Waals surface area contributed by atoms with E-state index in [1.54, 1.807) is 0 Å². The summed E-state index contributed by atoms with van der Waals surface area (Å²) in [7, 11) is 0. The van der Waals surface area contributed by atoms with Crippen LogP contribution in [0.3, 0.4) is 0 Å². The van der Waals surface area contributed by atoms with Gasteiger partial charge in [-0.3, -0.25) is 0 Å². The van der Waals surface area contributed by atoms with Gasteiger partial charge in [-0.1, -0.05) is 146 Å². The molecule has 0 aliphatic rings. The van der Waals surface area contributed by atoms with Gasteiger partial charge in [0.2, 0.25) is 0 Å². The molecule has 0 spiro atoms. The Morgan fingerprint density at radius 3 is 0.762 bits per heavy atom. The molecule has 0 fully saturated rings. The molecule has 0 unspecified atom stereocenters. The van der Waals surface area contributed by atoms with Crippen molar-refractivity contribution in [1.82, 2.24) is 0 Å². The van der Waals surface area contributed by atoms with E-state index in [9.17, 15) is 0 Å².